The molecule has 0 bridgehead atoms. The van der Waals surface area contributed by atoms with Crippen LogP contribution in [0.5, 0.6) is 0 Å². The van der Waals surface area contributed by atoms with Crippen LogP contribution in [0.2, 0.25) is 0 Å². The normalized spacial score (nSPS) is 9.11. The second-order valence-electron chi connectivity index (χ2n) is 1.99. The molecule has 0 spiro atoms. The second-order valence-corrected chi connectivity index (χ2v) is 1.99. The highest BCUT2D eigenvalue weighted by Gasteiger charge is 1.87. The van der Waals surface area contributed by atoms with Gasteiger partial charge in [-0.1, -0.05) is 17.7 Å². The third-order valence-corrected chi connectivity index (χ3v) is 1.20. The molecule has 48 valence electrons. The summed E-state index contributed by atoms with van der Waals surface area (Å²) in [5.74, 6) is 0. The number of aryl methyl sites for hydroxylation is 1. The Bertz CT molecular complexity index is 181. The number of rotatable bonds is 1. The molecule has 1 rings (SSSR count). The summed E-state index contributed by atoms with van der Waals surface area (Å²) in [4.78, 5) is 0. The first-order chi connectivity index (χ1) is 4.33. The first kappa shape index (κ1) is 6.11. The van der Waals surface area contributed by atoms with Gasteiger partial charge in [0, 0.05) is 0 Å². The molecule has 0 aromatic heterocycles. The Kier molecular flexibility index (Phi) is 1.70. The van der Waals surface area contributed by atoms with Crippen molar-refractivity contribution in [1.82, 2.24) is 0 Å². The number of nitrogens with one attached hydrogen (secondary N) is 1. The van der Waals surface area contributed by atoms with Gasteiger partial charge in [0.25, 0.3) is 0 Å². The Morgan fingerprint density at radius 3 is 2.22 bits per heavy atom. The monoisotopic (exact) mass is 124 g/mol. The quantitative estimate of drug-likeness (QED) is 0.440. The van der Waals surface area contributed by atoms with Crippen LogP contribution in [0.1, 0.15) is 5.56 Å². The molecular formula is C7H10NO+. The molecule has 2 heteroatoms. The Hall–Kier alpha value is -1.02. The third-order valence-electron chi connectivity index (χ3n) is 1.20. The standard InChI is InChI=1S/C7H9NO/c1-6-2-4-7(8-9)5-3-6/h2-5,8-9H,1H3/p+1. The molecule has 0 heterocycles. The van der Waals surface area contributed by atoms with E-state index < -0.39 is 0 Å². The van der Waals surface area contributed by atoms with Gasteiger partial charge in [0.15, 0.2) is 0 Å². The Labute approximate surface area is 54.1 Å². The minimum Gasteiger partial charge on any atom is -0.313 e. The van der Waals surface area contributed by atoms with Crippen LogP contribution in [-0.2, 0) is 0 Å². The number of benzene rings is 1. The van der Waals surface area contributed by atoms with Crippen LogP contribution in [-0.4, -0.2) is 5.21 Å². The van der Waals surface area contributed by atoms with Gasteiger partial charge in [0.05, 0.1) is 0 Å². The molecule has 2 nitrogen and oxygen atoms in total. The SMILES string of the molecule is Cc1ccc(N[OH2+])cc1. The van der Waals surface area contributed by atoms with E-state index in [0.29, 0.717) is 0 Å². The summed E-state index contributed by atoms with van der Waals surface area (Å²) in [6.45, 7) is 2.02. The average Bonchev–Trinajstić information content (AvgIpc) is 1.90. The first-order valence-corrected chi connectivity index (χ1v) is 2.82. The maximum Gasteiger partial charge on any atom is 0.105 e. The fourth-order valence-corrected chi connectivity index (χ4v) is 0.637. The van der Waals surface area contributed by atoms with E-state index in [1.807, 2.05) is 31.2 Å². The van der Waals surface area contributed by atoms with E-state index in [1.54, 1.807) is 0 Å². The van der Waals surface area contributed by atoms with Crippen LogP contribution < -0.4 is 5.48 Å². The highest BCUT2D eigenvalue weighted by molar-refractivity contribution is 5.41. The molecular weight excluding hydrogens is 114 g/mol. The third kappa shape index (κ3) is 1.44. The van der Waals surface area contributed by atoms with Crippen molar-refractivity contribution in [1.29, 1.82) is 0 Å². The molecule has 0 aliphatic heterocycles. The highest BCUT2D eigenvalue weighted by atomic mass is 16.5. The molecule has 0 aliphatic carbocycles. The van der Waals surface area contributed by atoms with Crippen molar-refractivity contribution in [2.45, 2.75) is 6.92 Å². The Balaban J connectivity index is 2.88. The zero-order valence-corrected chi connectivity index (χ0v) is 5.31. The lowest BCUT2D eigenvalue weighted by atomic mass is 10.2. The van der Waals surface area contributed by atoms with Crippen LogP contribution in [0.15, 0.2) is 24.3 Å². The smallest absolute Gasteiger partial charge is 0.105 e. The molecule has 0 aliphatic rings. The van der Waals surface area contributed by atoms with Gasteiger partial charge in [0.2, 0.25) is 0 Å². The highest BCUT2D eigenvalue weighted by Crippen LogP contribution is 2.06. The van der Waals surface area contributed by atoms with Crippen molar-refractivity contribution in [3.8, 4) is 0 Å². The molecule has 0 unspecified atom stereocenters. The maximum absolute atomic E-state index is 6.76. The maximum atomic E-state index is 6.76. The first-order valence-electron chi connectivity index (χ1n) is 2.82. The second kappa shape index (κ2) is 2.51. The molecule has 9 heavy (non-hydrogen) atoms. The summed E-state index contributed by atoms with van der Waals surface area (Å²) in [7, 11) is 0. The van der Waals surface area contributed by atoms with Crippen LogP contribution in [0.4, 0.5) is 5.69 Å². The molecule has 1 aromatic carbocycles. The molecule has 0 fully saturated rings. The zero-order chi connectivity index (χ0) is 6.69. The Morgan fingerprint density at radius 2 is 1.78 bits per heavy atom. The molecule has 0 saturated carbocycles. The fraction of sp³-hybridized carbons (Fsp3) is 0.143. The van der Waals surface area contributed by atoms with Crippen LogP contribution in [0.3, 0.4) is 0 Å². The predicted molar refractivity (Wildman–Crippen MR) is 38.4 cm³/mol. The van der Waals surface area contributed by atoms with Gasteiger partial charge in [0.1, 0.15) is 5.69 Å². The van der Waals surface area contributed by atoms with E-state index in [9.17, 15) is 0 Å². The lowest BCUT2D eigenvalue weighted by molar-refractivity contribution is 0.389. The molecule has 0 radical (unpaired) electrons. The van der Waals surface area contributed by atoms with E-state index in [2.05, 4.69) is 5.48 Å². The molecule has 0 atom stereocenters. The summed E-state index contributed by atoms with van der Waals surface area (Å²) in [5.41, 5.74) is 4.35. The van der Waals surface area contributed by atoms with E-state index in [1.165, 1.54) is 5.56 Å². The van der Waals surface area contributed by atoms with E-state index >= 15 is 0 Å². The van der Waals surface area contributed by atoms with Gasteiger partial charge >= 0.3 is 0 Å². The van der Waals surface area contributed by atoms with Crippen molar-refractivity contribution in [3.63, 3.8) is 0 Å². The summed E-state index contributed by atoms with van der Waals surface area (Å²) in [5, 5.41) is 6.76. The van der Waals surface area contributed by atoms with Crippen molar-refractivity contribution >= 4 is 5.69 Å². The number of hydrogen-bond donors (Lipinski definition) is 1. The van der Waals surface area contributed by atoms with Crippen LogP contribution in [0, 0.1) is 6.92 Å². The summed E-state index contributed by atoms with van der Waals surface area (Å²) in [6.07, 6.45) is 0. The minimum absolute atomic E-state index is 0.834. The van der Waals surface area contributed by atoms with Gasteiger partial charge < -0.3 is 5.21 Å². The minimum atomic E-state index is 0.834. The topological polar surface area (TPSA) is 34.9 Å². The van der Waals surface area contributed by atoms with E-state index in [4.69, 9.17) is 5.21 Å². The average molecular weight is 124 g/mol. The Morgan fingerprint density at radius 1 is 1.22 bits per heavy atom. The number of anilines is 1. The predicted octanol–water partition coefficient (Wildman–Crippen LogP) is 1.05. The zero-order valence-electron chi connectivity index (χ0n) is 5.31. The van der Waals surface area contributed by atoms with Gasteiger partial charge in [-0.05, 0) is 19.1 Å². The van der Waals surface area contributed by atoms with Crippen molar-refractivity contribution in [2.24, 2.45) is 0 Å². The number of hydrogen-bond acceptors (Lipinski definition) is 1. The van der Waals surface area contributed by atoms with Crippen molar-refractivity contribution in [2.75, 3.05) is 5.48 Å². The van der Waals surface area contributed by atoms with Crippen LogP contribution in [0.25, 0.3) is 0 Å². The largest absolute Gasteiger partial charge is 0.313 e. The molecule has 0 saturated heterocycles. The fourth-order valence-electron chi connectivity index (χ4n) is 0.637. The van der Waals surface area contributed by atoms with Crippen molar-refractivity contribution in [3.05, 3.63) is 29.8 Å². The summed E-state index contributed by atoms with van der Waals surface area (Å²) < 4.78 is 0. The van der Waals surface area contributed by atoms with Gasteiger partial charge in [-0.3, -0.25) is 0 Å². The van der Waals surface area contributed by atoms with Gasteiger partial charge in [-0.25, -0.2) is 0 Å². The lowest BCUT2D eigenvalue weighted by Crippen LogP contribution is -1.87. The van der Waals surface area contributed by atoms with E-state index in [-0.39, 0.29) is 0 Å². The summed E-state index contributed by atoms with van der Waals surface area (Å²) in [6, 6.07) is 7.69. The van der Waals surface area contributed by atoms with Gasteiger partial charge in [-0.2, -0.15) is 5.48 Å². The van der Waals surface area contributed by atoms with Crippen molar-refractivity contribution < 1.29 is 5.21 Å². The molecule has 0 amide bonds. The lowest BCUT2D eigenvalue weighted by Gasteiger charge is -1.93. The van der Waals surface area contributed by atoms with E-state index in [0.717, 1.165) is 5.69 Å². The van der Waals surface area contributed by atoms with Gasteiger partial charge in [-0.15, -0.1) is 0 Å². The molecule has 1 aromatic rings. The molecule has 3 N–H and O–H groups in total. The van der Waals surface area contributed by atoms with Crippen LogP contribution >= 0.6 is 0 Å². The summed E-state index contributed by atoms with van der Waals surface area (Å²) >= 11 is 0.